The highest BCUT2D eigenvalue weighted by molar-refractivity contribution is 7.90. The highest BCUT2D eigenvalue weighted by atomic mass is 32.2. The van der Waals surface area contributed by atoms with Crippen LogP contribution in [0.25, 0.3) is 0 Å². The van der Waals surface area contributed by atoms with Crippen molar-refractivity contribution in [2.75, 3.05) is 20.3 Å². The molecule has 2 heterocycles. The van der Waals surface area contributed by atoms with Gasteiger partial charge in [-0.05, 0) is 50.1 Å². The zero-order valence-corrected chi connectivity index (χ0v) is 21.2. The predicted molar refractivity (Wildman–Crippen MR) is 132 cm³/mol. The Morgan fingerprint density at radius 3 is 2.61 bits per heavy atom. The molecule has 1 amide bonds. The van der Waals surface area contributed by atoms with Crippen molar-refractivity contribution in [3.63, 3.8) is 0 Å². The number of methoxy groups -OCH3 is 1. The third-order valence-electron chi connectivity index (χ3n) is 6.25. The number of hydrogen-bond acceptors (Lipinski definition) is 6. The van der Waals surface area contributed by atoms with E-state index < -0.39 is 21.4 Å². The Hall–Kier alpha value is -3.24. The first-order valence-electron chi connectivity index (χ1n) is 11.9. The van der Waals surface area contributed by atoms with Gasteiger partial charge in [0.05, 0.1) is 43.9 Å². The zero-order valence-electron chi connectivity index (χ0n) is 20.4. The van der Waals surface area contributed by atoms with E-state index in [1.807, 2.05) is 6.92 Å². The number of amides is 1. The van der Waals surface area contributed by atoms with Gasteiger partial charge in [0, 0.05) is 24.3 Å². The molecule has 0 bridgehead atoms. The van der Waals surface area contributed by atoms with Crippen LogP contribution in [-0.2, 0) is 33.4 Å². The number of carbonyl (C=O) groups is 1. The molecule has 1 saturated heterocycles. The van der Waals surface area contributed by atoms with Gasteiger partial charge in [0.25, 0.3) is 5.91 Å². The summed E-state index contributed by atoms with van der Waals surface area (Å²) in [5, 5.41) is -0.149. The van der Waals surface area contributed by atoms with Crippen LogP contribution in [0.5, 0.6) is 5.75 Å². The second-order valence-electron chi connectivity index (χ2n) is 8.68. The number of hydrogen-bond donors (Lipinski definition) is 0. The first-order valence-corrected chi connectivity index (χ1v) is 13.5. The van der Waals surface area contributed by atoms with Gasteiger partial charge in [0.15, 0.2) is 0 Å². The monoisotopic (exact) mass is 515 g/mol. The molecule has 0 spiro atoms. The fraction of sp³-hybridized carbons (Fsp3) is 0.385. The molecule has 10 heteroatoms. The molecule has 0 N–H and O–H groups in total. The number of ether oxygens (including phenoxy) is 2. The Bertz CT molecular complexity index is 1300. The summed E-state index contributed by atoms with van der Waals surface area (Å²) in [4.78, 5) is 19.1. The lowest BCUT2D eigenvalue weighted by Gasteiger charge is -2.23. The molecule has 4 rings (SSSR count). The Morgan fingerprint density at radius 2 is 1.97 bits per heavy atom. The third kappa shape index (κ3) is 5.76. The van der Waals surface area contributed by atoms with Crippen molar-refractivity contribution in [2.45, 2.75) is 49.9 Å². The number of imidazole rings is 1. The van der Waals surface area contributed by atoms with Crippen LogP contribution in [0, 0.1) is 5.82 Å². The van der Waals surface area contributed by atoms with Gasteiger partial charge < -0.3 is 18.9 Å². The largest absolute Gasteiger partial charge is 0.497 e. The number of aromatic nitrogens is 2. The van der Waals surface area contributed by atoms with E-state index in [1.54, 1.807) is 46.9 Å². The summed E-state index contributed by atoms with van der Waals surface area (Å²) >= 11 is 0. The molecule has 0 radical (unpaired) electrons. The van der Waals surface area contributed by atoms with Gasteiger partial charge in [-0.1, -0.05) is 18.2 Å². The number of sulfone groups is 1. The molecule has 0 aliphatic carbocycles. The van der Waals surface area contributed by atoms with Crippen molar-refractivity contribution in [1.82, 2.24) is 14.5 Å². The topological polar surface area (TPSA) is 90.7 Å². The molecule has 1 fully saturated rings. The fourth-order valence-electron chi connectivity index (χ4n) is 4.28. The smallest absolute Gasteiger partial charge is 0.254 e. The van der Waals surface area contributed by atoms with Gasteiger partial charge >= 0.3 is 0 Å². The third-order valence-corrected chi connectivity index (χ3v) is 7.83. The molecule has 36 heavy (non-hydrogen) atoms. The lowest BCUT2D eigenvalue weighted by atomic mass is 10.2. The van der Waals surface area contributed by atoms with Crippen LogP contribution in [0.3, 0.4) is 0 Å². The molecule has 2 aromatic carbocycles. The maximum Gasteiger partial charge on any atom is 0.254 e. The van der Waals surface area contributed by atoms with Gasteiger partial charge in [-0.15, -0.1) is 0 Å². The van der Waals surface area contributed by atoms with Crippen LogP contribution in [0.15, 0.2) is 59.9 Å². The van der Waals surface area contributed by atoms with E-state index in [0.29, 0.717) is 30.2 Å². The Balaban J connectivity index is 1.64. The summed E-state index contributed by atoms with van der Waals surface area (Å²) in [5.41, 5.74) is 1.15. The van der Waals surface area contributed by atoms with E-state index in [1.165, 1.54) is 24.4 Å². The summed E-state index contributed by atoms with van der Waals surface area (Å²) in [6.07, 6.45) is 3.01. The van der Waals surface area contributed by atoms with Crippen LogP contribution >= 0.6 is 0 Å². The lowest BCUT2D eigenvalue weighted by Crippen LogP contribution is -2.32. The van der Waals surface area contributed by atoms with Gasteiger partial charge in [-0.25, -0.2) is 17.8 Å². The number of nitrogens with zero attached hydrogens (tertiary/aromatic N) is 3. The minimum Gasteiger partial charge on any atom is -0.497 e. The minimum absolute atomic E-state index is 0.0792. The number of benzene rings is 2. The summed E-state index contributed by atoms with van der Waals surface area (Å²) in [6, 6.07) is 12.6. The number of carbonyl (C=O) groups excluding carboxylic acids is 1. The fourth-order valence-corrected chi connectivity index (χ4v) is 5.79. The zero-order chi connectivity index (χ0) is 25.7. The quantitative estimate of drug-likeness (QED) is 0.408. The number of halogens is 1. The van der Waals surface area contributed by atoms with Crippen LogP contribution in [0.2, 0.25) is 0 Å². The predicted octanol–water partition coefficient (Wildman–Crippen LogP) is 3.85. The molecular formula is C26H30FN3O5S. The molecule has 3 aromatic rings. The van der Waals surface area contributed by atoms with Crippen molar-refractivity contribution in [3.8, 4) is 5.75 Å². The molecule has 1 atom stereocenters. The first kappa shape index (κ1) is 25.8. The molecule has 8 nitrogen and oxygen atoms in total. The summed E-state index contributed by atoms with van der Waals surface area (Å²) in [5.74, 6) is -0.639. The van der Waals surface area contributed by atoms with E-state index in [4.69, 9.17) is 9.47 Å². The van der Waals surface area contributed by atoms with Crippen LogP contribution < -0.4 is 4.74 Å². The average Bonchev–Trinajstić information content (AvgIpc) is 3.54. The second kappa shape index (κ2) is 11.2. The van der Waals surface area contributed by atoms with E-state index >= 15 is 0 Å². The van der Waals surface area contributed by atoms with Crippen molar-refractivity contribution in [2.24, 2.45) is 0 Å². The maximum absolute atomic E-state index is 14.2. The normalized spacial score (nSPS) is 15.7. The van der Waals surface area contributed by atoms with Crippen molar-refractivity contribution >= 4 is 15.7 Å². The van der Waals surface area contributed by atoms with Crippen molar-refractivity contribution < 1.29 is 27.1 Å². The second-order valence-corrected chi connectivity index (χ2v) is 10.6. The number of rotatable bonds is 10. The van der Waals surface area contributed by atoms with Gasteiger partial charge in [0.2, 0.25) is 15.0 Å². The highest BCUT2D eigenvalue weighted by Crippen LogP contribution is 2.24. The van der Waals surface area contributed by atoms with Gasteiger partial charge in [-0.3, -0.25) is 4.79 Å². The van der Waals surface area contributed by atoms with E-state index in [-0.39, 0.29) is 35.8 Å². The Labute approximate surface area is 210 Å². The molecular weight excluding hydrogens is 485 g/mol. The summed E-state index contributed by atoms with van der Waals surface area (Å²) in [6.45, 7) is 3.33. The highest BCUT2D eigenvalue weighted by Gasteiger charge is 2.29. The van der Waals surface area contributed by atoms with E-state index in [9.17, 15) is 17.6 Å². The molecule has 0 saturated carbocycles. The van der Waals surface area contributed by atoms with Crippen molar-refractivity contribution in [1.29, 1.82) is 0 Å². The molecule has 1 aliphatic heterocycles. The Kier molecular flexibility index (Phi) is 8.05. The molecule has 1 aromatic heterocycles. The van der Waals surface area contributed by atoms with E-state index in [2.05, 4.69) is 4.98 Å². The van der Waals surface area contributed by atoms with Crippen LogP contribution in [0.1, 0.15) is 41.4 Å². The molecule has 1 aliphatic rings. The van der Waals surface area contributed by atoms with Gasteiger partial charge in [-0.2, -0.15) is 0 Å². The Morgan fingerprint density at radius 1 is 1.22 bits per heavy atom. The van der Waals surface area contributed by atoms with Crippen molar-refractivity contribution in [3.05, 3.63) is 77.4 Å². The standard InChI is InChI=1S/C26H30FN3O5S/c1-3-29(25(31)19-10-12-22(34-2)13-11-19)16-21-15-28-26(30(21)17-23-8-6-14-35-23)36(32,33)18-20-7-4-5-9-24(20)27/h4-5,7,9-13,15,23H,3,6,8,14,16-18H2,1-2H3/t23-/m0/s1. The first-order chi connectivity index (χ1) is 17.3. The van der Waals surface area contributed by atoms with E-state index in [0.717, 1.165) is 12.8 Å². The molecule has 192 valence electrons. The summed E-state index contributed by atoms with van der Waals surface area (Å²) < 4.78 is 53.5. The average molecular weight is 516 g/mol. The molecule has 0 unspecified atom stereocenters. The summed E-state index contributed by atoms with van der Waals surface area (Å²) in [7, 11) is -2.41. The van der Waals surface area contributed by atoms with Crippen LogP contribution in [0.4, 0.5) is 4.39 Å². The SMILES string of the molecule is CCN(Cc1cnc(S(=O)(=O)Cc2ccccc2F)n1C[C@@H]1CCCO1)C(=O)c1ccc(OC)cc1. The minimum atomic E-state index is -3.97. The van der Waals surface area contributed by atoms with Crippen LogP contribution in [-0.4, -0.2) is 55.1 Å². The maximum atomic E-state index is 14.2. The van der Waals surface area contributed by atoms with Gasteiger partial charge in [0.1, 0.15) is 11.6 Å². The lowest BCUT2D eigenvalue weighted by molar-refractivity contribution is 0.0741.